The highest BCUT2D eigenvalue weighted by Gasteiger charge is 2.36. The summed E-state index contributed by atoms with van der Waals surface area (Å²) in [5.74, 6) is -2.21. The molecule has 2 aromatic heterocycles. The topological polar surface area (TPSA) is 120 Å². The van der Waals surface area contributed by atoms with Gasteiger partial charge in [0.05, 0.1) is 36.8 Å². The Bertz CT molecular complexity index is 1320. The van der Waals surface area contributed by atoms with Crippen molar-refractivity contribution in [2.24, 2.45) is 11.8 Å². The Morgan fingerprint density at radius 3 is 2.45 bits per heavy atom. The van der Waals surface area contributed by atoms with E-state index in [2.05, 4.69) is 22.1 Å². The monoisotopic (exact) mass is 561 g/mol. The minimum absolute atomic E-state index is 0.0353. The van der Waals surface area contributed by atoms with Crippen molar-refractivity contribution in [2.75, 3.05) is 25.2 Å². The lowest BCUT2D eigenvalue weighted by Crippen LogP contribution is -2.40. The maximum absolute atomic E-state index is 13.9. The number of benzene rings is 1. The van der Waals surface area contributed by atoms with Crippen molar-refractivity contribution in [3.8, 4) is 11.6 Å². The SMILES string of the molecule is COCCN(C(=O)C1CCC(C)CC1)c1ccc(Oc2ncc(Cn3nccn3)cc2C(F)(F)F)cc1C(=O)O. The summed E-state index contributed by atoms with van der Waals surface area (Å²) in [6.07, 6.45) is 2.41. The van der Waals surface area contributed by atoms with Crippen molar-refractivity contribution in [3.63, 3.8) is 0 Å². The highest BCUT2D eigenvalue weighted by Crippen LogP contribution is 2.39. The molecule has 1 fully saturated rings. The number of ether oxygens (including phenoxy) is 2. The number of hydrogen-bond donors (Lipinski definition) is 1. The van der Waals surface area contributed by atoms with E-state index in [1.165, 1.54) is 47.5 Å². The summed E-state index contributed by atoms with van der Waals surface area (Å²) in [5, 5.41) is 17.7. The molecule has 40 heavy (non-hydrogen) atoms. The molecule has 0 spiro atoms. The van der Waals surface area contributed by atoms with E-state index in [1.54, 1.807) is 0 Å². The number of anilines is 1. The van der Waals surface area contributed by atoms with E-state index in [9.17, 15) is 27.9 Å². The van der Waals surface area contributed by atoms with Crippen LogP contribution >= 0.6 is 0 Å². The molecule has 0 atom stereocenters. The van der Waals surface area contributed by atoms with Crippen molar-refractivity contribution in [2.45, 2.75) is 45.3 Å². The number of methoxy groups -OCH3 is 1. The van der Waals surface area contributed by atoms with Gasteiger partial charge in [-0.2, -0.15) is 28.2 Å². The van der Waals surface area contributed by atoms with Crippen LogP contribution in [0.1, 0.15) is 54.1 Å². The van der Waals surface area contributed by atoms with Crippen LogP contribution in [0.25, 0.3) is 0 Å². The van der Waals surface area contributed by atoms with Crippen LogP contribution in [-0.2, 0) is 22.3 Å². The van der Waals surface area contributed by atoms with Crippen molar-refractivity contribution in [1.29, 1.82) is 0 Å². The summed E-state index contributed by atoms with van der Waals surface area (Å²) < 4.78 is 52.3. The molecule has 4 rings (SSSR count). The summed E-state index contributed by atoms with van der Waals surface area (Å²) in [6, 6.07) is 4.66. The Morgan fingerprint density at radius 2 is 1.82 bits per heavy atom. The van der Waals surface area contributed by atoms with E-state index in [4.69, 9.17) is 9.47 Å². The fraction of sp³-hybridized carbons (Fsp3) is 0.444. The van der Waals surface area contributed by atoms with Gasteiger partial charge in [0, 0.05) is 25.8 Å². The second-order valence-electron chi connectivity index (χ2n) is 9.78. The maximum Gasteiger partial charge on any atom is 0.421 e. The van der Waals surface area contributed by atoms with Gasteiger partial charge in [-0.25, -0.2) is 9.78 Å². The van der Waals surface area contributed by atoms with E-state index in [0.717, 1.165) is 25.0 Å². The first kappa shape index (κ1) is 29.0. The van der Waals surface area contributed by atoms with Crippen LogP contribution < -0.4 is 9.64 Å². The molecule has 1 aliphatic carbocycles. The molecule has 1 amide bonds. The van der Waals surface area contributed by atoms with Crippen molar-refractivity contribution >= 4 is 17.6 Å². The number of carboxylic acid groups (broad SMARTS) is 1. The molecular weight excluding hydrogens is 531 g/mol. The summed E-state index contributed by atoms with van der Waals surface area (Å²) in [4.78, 5) is 32.1. The predicted octanol–water partition coefficient (Wildman–Crippen LogP) is 5.04. The Labute approximate surface area is 228 Å². The number of carboxylic acids is 1. The molecule has 0 saturated heterocycles. The van der Waals surface area contributed by atoms with E-state index in [0.29, 0.717) is 18.8 Å². The maximum atomic E-state index is 13.9. The number of rotatable bonds is 10. The van der Waals surface area contributed by atoms with Gasteiger partial charge in [0.25, 0.3) is 0 Å². The number of aromatic carboxylic acids is 1. The molecule has 0 bridgehead atoms. The van der Waals surface area contributed by atoms with E-state index < -0.39 is 23.6 Å². The van der Waals surface area contributed by atoms with Crippen LogP contribution in [0.5, 0.6) is 11.6 Å². The lowest BCUT2D eigenvalue weighted by Gasteiger charge is -2.32. The number of alkyl halides is 3. The molecule has 1 aliphatic rings. The van der Waals surface area contributed by atoms with Gasteiger partial charge in [0.15, 0.2) is 0 Å². The average Bonchev–Trinajstić information content (AvgIpc) is 3.43. The van der Waals surface area contributed by atoms with Crippen LogP contribution in [0, 0.1) is 11.8 Å². The Hall–Kier alpha value is -4.00. The van der Waals surface area contributed by atoms with Crippen LogP contribution in [-0.4, -0.2) is 57.2 Å². The summed E-state index contributed by atoms with van der Waals surface area (Å²) in [5.41, 5.74) is -1.11. The molecule has 1 N–H and O–H groups in total. The lowest BCUT2D eigenvalue weighted by atomic mass is 9.82. The van der Waals surface area contributed by atoms with Gasteiger partial charge in [-0.1, -0.05) is 6.92 Å². The van der Waals surface area contributed by atoms with Gasteiger partial charge < -0.3 is 19.5 Å². The first-order valence-corrected chi connectivity index (χ1v) is 12.8. The van der Waals surface area contributed by atoms with Crippen molar-refractivity contribution in [3.05, 3.63) is 59.5 Å². The molecule has 0 aliphatic heterocycles. The molecule has 10 nitrogen and oxygen atoms in total. The van der Waals surface area contributed by atoms with Gasteiger partial charge in [0.1, 0.15) is 11.3 Å². The second-order valence-corrected chi connectivity index (χ2v) is 9.78. The molecule has 13 heteroatoms. The number of amides is 1. The highest BCUT2D eigenvalue weighted by molar-refractivity contribution is 6.03. The normalized spacial score (nSPS) is 17.4. The zero-order chi connectivity index (χ0) is 28.9. The van der Waals surface area contributed by atoms with Gasteiger partial charge in [-0.15, -0.1) is 0 Å². The van der Waals surface area contributed by atoms with E-state index >= 15 is 0 Å². The molecule has 214 valence electrons. The number of halogens is 3. The number of pyridine rings is 1. The van der Waals surface area contributed by atoms with Crippen molar-refractivity contribution in [1.82, 2.24) is 20.0 Å². The van der Waals surface area contributed by atoms with Gasteiger partial charge in [-0.3, -0.25) is 4.79 Å². The Morgan fingerprint density at radius 1 is 1.12 bits per heavy atom. The molecule has 2 heterocycles. The van der Waals surface area contributed by atoms with Gasteiger partial charge in [0.2, 0.25) is 11.8 Å². The standard InChI is InChI=1S/C27H30F3N5O5/c1-17-3-5-19(6-4-17)25(36)34(11-12-39-2)23-8-7-20(14-21(23)26(37)38)40-24-22(27(28,29)30)13-18(15-31-24)16-35-32-9-10-33-35/h7-10,13-15,17,19H,3-6,11-12,16H2,1-2H3,(H,37,38). The summed E-state index contributed by atoms with van der Waals surface area (Å²) >= 11 is 0. The Kier molecular flexibility index (Phi) is 9.03. The first-order valence-electron chi connectivity index (χ1n) is 12.8. The van der Waals surface area contributed by atoms with Crippen molar-refractivity contribution < 1.29 is 37.3 Å². The molecule has 3 aromatic rings. The summed E-state index contributed by atoms with van der Waals surface area (Å²) in [7, 11) is 1.47. The lowest BCUT2D eigenvalue weighted by molar-refractivity contribution is -0.139. The number of hydrogen-bond acceptors (Lipinski definition) is 7. The zero-order valence-corrected chi connectivity index (χ0v) is 22.1. The minimum Gasteiger partial charge on any atom is -0.478 e. The van der Waals surface area contributed by atoms with Crippen LogP contribution in [0.2, 0.25) is 0 Å². The predicted molar refractivity (Wildman–Crippen MR) is 137 cm³/mol. The molecule has 0 unspecified atom stereocenters. The number of aromatic nitrogens is 4. The molecule has 0 radical (unpaired) electrons. The average molecular weight is 562 g/mol. The van der Waals surface area contributed by atoms with E-state index in [-0.39, 0.29) is 54.1 Å². The quantitative estimate of drug-likeness (QED) is 0.366. The fourth-order valence-corrected chi connectivity index (χ4v) is 4.71. The smallest absolute Gasteiger partial charge is 0.421 e. The third-order valence-electron chi connectivity index (χ3n) is 6.86. The number of carbonyl (C=O) groups excluding carboxylic acids is 1. The van der Waals surface area contributed by atoms with Crippen LogP contribution in [0.4, 0.5) is 18.9 Å². The third kappa shape index (κ3) is 6.95. The molecular formula is C27H30F3N5O5. The summed E-state index contributed by atoms with van der Waals surface area (Å²) in [6.45, 7) is 2.39. The molecule has 1 aromatic carbocycles. The number of carbonyl (C=O) groups is 2. The van der Waals surface area contributed by atoms with E-state index in [1.807, 2.05) is 0 Å². The largest absolute Gasteiger partial charge is 0.478 e. The third-order valence-corrected chi connectivity index (χ3v) is 6.86. The minimum atomic E-state index is -4.80. The van der Waals surface area contributed by atoms with Crippen LogP contribution in [0.15, 0.2) is 42.9 Å². The molecule has 1 saturated carbocycles. The number of nitrogens with zero attached hydrogens (tertiary/aromatic N) is 5. The fourth-order valence-electron chi connectivity index (χ4n) is 4.71. The van der Waals surface area contributed by atoms with Gasteiger partial charge in [-0.05, 0) is 61.4 Å². The van der Waals surface area contributed by atoms with Gasteiger partial charge >= 0.3 is 12.1 Å². The first-order chi connectivity index (χ1) is 19.1. The van der Waals surface area contributed by atoms with Crippen LogP contribution in [0.3, 0.4) is 0 Å². The Balaban J connectivity index is 1.64. The second kappa shape index (κ2) is 12.5. The highest BCUT2D eigenvalue weighted by atomic mass is 19.4. The zero-order valence-electron chi connectivity index (χ0n) is 22.1.